The van der Waals surface area contributed by atoms with Gasteiger partial charge in [0.25, 0.3) is 0 Å². The van der Waals surface area contributed by atoms with Crippen LogP contribution in [-0.2, 0) is 11.2 Å². The number of nitrogens with two attached hydrogens (primary N) is 1. The van der Waals surface area contributed by atoms with Crippen LogP contribution in [0.25, 0.3) is 0 Å². The fourth-order valence-electron chi connectivity index (χ4n) is 1.51. The highest BCUT2D eigenvalue weighted by Crippen LogP contribution is 2.11. The van der Waals surface area contributed by atoms with E-state index in [2.05, 4.69) is 6.92 Å². The molecule has 0 aromatic heterocycles. The molecule has 0 aliphatic heterocycles. The van der Waals surface area contributed by atoms with Crippen LogP contribution in [0.4, 0.5) is 0 Å². The first kappa shape index (κ1) is 13.5. The van der Waals surface area contributed by atoms with Crippen LogP contribution in [0.3, 0.4) is 0 Å². The molecule has 0 amide bonds. The van der Waals surface area contributed by atoms with Crippen LogP contribution in [0.1, 0.15) is 25.3 Å². The van der Waals surface area contributed by atoms with E-state index in [-0.39, 0.29) is 6.04 Å². The summed E-state index contributed by atoms with van der Waals surface area (Å²) in [6, 6.07) is 8.01. The van der Waals surface area contributed by atoms with Crippen LogP contribution in [0.2, 0.25) is 5.02 Å². The molecular weight excluding hydrogens is 222 g/mol. The minimum absolute atomic E-state index is 0.165. The summed E-state index contributed by atoms with van der Waals surface area (Å²) in [5.41, 5.74) is 7.24. The quantitative estimate of drug-likeness (QED) is 0.745. The number of hydrogen-bond donors (Lipinski definition) is 1. The molecule has 0 heterocycles. The highest BCUT2D eigenvalue weighted by atomic mass is 35.5. The zero-order chi connectivity index (χ0) is 11.8. The summed E-state index contributed by atoms with van der Waals surface area (Å²) in [4.78, 5) is 0. The molecule has 1 aromatic rings. The molecule has 0 aliphatic carbocycles. The van der Waals surface area contributed by atoms with E-state index in [1.165, 1.54) is 5.56 Å². The summed E-state index contributed by atoms with van der Waals surface area (Å²) in [7, 11) is 0. The predicted octanol–water partition coefficient (Wildman–Crippen LogP) is 3.03. The molecule has 2 nitrogen and oxygen atoms in total. The van der Waals surface area contributed by atoms with Crippen molar-refractivity contribution in [1.29, 1.82) is 0 Å². The average molecular weight is 242 g/mol. The number of rotatable bonds is 7. The molecule has 0 bridgehead atoms. The molecule has 0 spiro atoms. The van der Waals surface area contributed by atoms with Crippen LogP contribution >= 0.6 is 11.6 Å². The van der Waals surface area contributed by atoms with Crippen molar-refractivity contribution in [2.24, 2.45) is 5.73 Å². The van der Waals surface area contributed by atoms with Crippen LogP contribution < -0.4 is 5.73 Å². The fourth-order valence-corrected chi connectivity index (χ4v) is 1.63. The van der Waals surface area contributed by atoms with Crippen LogP contribution in [0.15, 0.2) is 24.3 Å². The van der Waals surface area contributed by atoms with Gasteiger partial charge in [-0.2, -0.15) is 0 Å². The van der Waals surface area contributed by atoms with E-state index in [0.29, 0.717) is 0 Å². The highest BCUT2D eigenvalue weighted by molar-refractivity contribution is 6.30. The first-order valence-corrected chi connectivity index (χ1v) is 6.18. The van der Waals surface area contributed by atoms with Gasteiger partial charge in [-0.05, 0) is 37.0 Å². The Bertz CT molecular complexity index is 286. The second kappa shape index (κ2) is 7.66. The minimum atomic E-state index is 0.165. The van der Waals surface area contributed by atoms with Crippen molar-refractivity contribution >= 4 is 11.6 Å². The Kier molecular flexibility index (Phi) is 6.46. The lowest BCUT2D eigenvalue weighted by atomic mass is 10.0. The molecule has 3 heteroatoms. The largest absolute Gasteiger partial charge is 0.381 e. The predicted molar refractivity (Wildman–Crippen MR) is 68.9 cm³/mol. The summed E-state index contributed by atoms with van der Waals surface area (Å²) in [5, 5.41) is 0.767. The van der Waals surface area contributed by atoms with Gasteiger partial charge in [-0.25, -0.2) is 0 Å². The summed E-state index contributed by atoms with van der Waals surface area (Å²) in [6.07, 6.45) is 2.85. The third-order valence-electron chi connectivity index (χ3n) is 2.39. The highest BCUT2D eigenvalue weighted by Gasteiger charge is 2.03. The Labute approximate surface area is 103 Å². The van der Waals surface area contributed by atoms with E-state index < -0.39 is 0 Å². The zero-order valence-electron chi connectivity index (χ0n) is 9.79. The summed E-state index contributed by atoms with van der Waals surface area (Å²) < 4.78 is 5.41. The topological polar surface area (TPSA) is 35.2 Å². The second-order valence-electron chi connectivity index (χ2n) is 3.99. The molecule has 2 N–H and O–H groups in total. The molecule has 1 aromatic carbocycles. The SMILES string of the molecule is CCCOCCC(N)Cc1ccc(Cl)cc1. The van der Waals surface area contributed by atoms with Crippen molar-refractivity contribution < 1.29 is 4.74 Å². The average Bonchev–Trinajstić information content (AvgIpc) is 2.28. The molecule has 1 atom stereocenters. The van der Waals surface area contributed by atoms with E-state index in [0.717, 1.165) is 37.5 Å². The summed E-state index contributed by atoms with van der Waals surface area (Å²) in [5.74, 6) is 0. The maximum atomic E-state index is 6.01. The van der Waals surface area contributed by atoms with Gasteiger partial charge < -0.3 is 10.5 Å². The maximum absolute atomic E-state index is 6.01. The molecule has 16 heavy (non-hydrogen) atoms. The summed E-state index contributed by atoms with van der Waals surface area (Å²) >= 11 is 5.82. The van der Waals surface area contributed by atoms with Gasteiger partial charge in [0.2, 0.25) is 0 Å². The van der Waals surface area contributed by atoms with Gasteiger partial charge in [-0.3, -0.25) is 0 Å². The molecule has 0 fully saturated rings. The smallest absolute Gasteiger partial charge is 0.0480 e. The molecule has 1 rings (SSSR count). The monoisotopic (exact) mass is 241 g/mol. The van der Waals surface area contributed by atoms with Gasteiger partial charge >= 0.3 is 0 Å². The Morgan fingerprint density at radius 3 is 2.56 bits per heavy atom. The third kappa shape index (κ3) is 5.50. The molecule has 0 aliphatic rings. The molecular formula is C13H20ClNO. The number of halogens is 1. The summed E-state index contributed by atoms with van der Waals surface area (Å²) in [6.45, 7) is 3.68. The van der Waals surface area contributed by atoms with Crippen molar-refractivity contribution in [2.75, 3.05) is 13.2 Å². The van der Waals surface area contributed by atoms with Crippen LogP contribution in [0.5, 0.6) is 0 Å². The van der Waals surface area contributed by atoms with Gasteiger partial charge in [0.05, 0.1) is 0 Å². The normalized spacial score (nSPS) is 12.7. The van der Waals surface area contributed by atoms with E-state index >= 15 is 0 Å². The van der Waals surface area contributed by atoms with Crippen LogP contribution in [-0.4, -0.2) is 19.3 Å². The molecule has 0 saturated heterocycles. The van der Waals surface area contributed by atoms with Crippen molar-refractivity contribution in [1.82, 2.24) is 0 Å². The standard InChI is InChI=1S/C13H20ClNO/c1-2-8-16-9-7-13(15)10-11-3-5-12(14)6-4-11/h3-6,13H,2,7-10,15H2,1H3. The van der Waals surface area contributed by atoms with E-state index in [1.807, 2.05) is 24.3 Å². The zero-order valence-corrected chi connectivity index (χ0v) is 10.5. The lowest BCUT2D eigenvalue weighted by Gasteiger charge is -2.11. The van der Waals surface area contributed by atoms with E-state index in [1.54, 1.807) is 0 Å². The Balaban J connectivity index is 2.23. The fraction of sp³-hybridized carbons (Fsp3) is 0.538. The number of hydrogen-bond acceptors (Lipinski definition) is 2. The van der Waals surface area contributed by atoms with Crippen molar-refractivity contribution in [3.05, 3.63) is 34.9 Å². The Hall–Kier alpha value is -0.570. The molecule has 1 unspecified atom stereocenters. The van der Waals surface area contributed by atoms with Crippen molar-refractivity contribution in [3.63, 3.8) is 0 Å². The molecule has 0 radical (unpaired) electrons. The maximum Gasteiger partial charge on any atom is 0.0480 e. The first-order valence-electron chi connectivity index (χ1n) is 5.80. The van der Waals surface area contributed by atoms with Crippen LogP contribution in [0, 0.1) is 0 Å². The van der Waals surface area contributed by atoms with Gasteiger partial charge in [0, 0.05) is 24.3 Å². The molecule has 0 saturated carbocycles. The first-order chi connectivity index (χ1) is 7.72. The van der Waals surface area contributed by atoms with Gasteiger partial charge in [-0.1, -0.05) is 30.7 Å². The van der Waals surface area contributed by atoms with Gasteiger partial charge in [-0.15, -0.1) is 0 Å². The second-order valence-corrected chi connectivity index (χ2v) is 4.43. The van der Waals surface area contributed by atoms with Crippen molar-refractivity contribution in [3.8, 4) is 0 Å². The minimum Gasteiger partial charge on any atom is -0.381 e. The number of benzene rings is 1. The Morgan fingerprint density at radius 2 is 1.94 bits per heavy atom. The lowest BCUT2D eigenvalue weighted by molar-refractivity contribution is 0.127. The Morgan fingerprint density at radius 1 is 1.25 bits per heavy atom. The van der Waals surface area contributed by atoms with Gasteiger partial charge in [0.15, 0.2) is 0 Å². The molecule has 90 valence electrons. The third-order valence-corrected chi connectivity index (χ3v) is 2.64. The lowest BCUT2D eigenvalue weighted by Crippen LogP contribution is -2.24. The van der Waals surface area contributed by atoms with Gasteiger partial charge in [0.1, 0.15) is 0 Å². The number of ether oxygens (including phenoxy) is 1. The van der Waals surface area contributed by atoms with E-state index in [9.17, 15) is 0 Å². The van der Waals surface area contributed by atoms with E-state index in [4.69, 9.17) is 22.1 Å². The van der Waals surface area contributed by atoms with Crippen molar-refractivity contribution in [2.45, 2.75) is 32.2 Å².